The standard InChI is InChI=1S/C14H20FN3O.C7H13NO.C6H10O/c1-11-12(7-13(15)8-14(11)16-10-19)9-18-5-3-17(2)4-6-18;1-5-3-7(4-5)8-6(2)9;7-5-6-3-1-2-4-6/h7-8,10H,3-6,9H2,1-2H3,(H,16,19);5,7H,3-4H2,1-2H3,(H,8,9);5-6H,1-4H2. The molecule has 1 heterocycles. The monoisotopic (exact) mass is 490 g/mol. The van der Waals surface area contributed by atoms with Gasteiger partial charge in [-0.25, -0.2) is 4.39 Å². The van der Waals surface area contributed by atoms with Crippen molar-refractivity contribution in [1.29, 1.82) is 0 Å². The third-order valence-corrected chi connectivity index (χ3v) is 7.06. The fourth-order valence-corrected chi connectivity index (χ4v) is 4.76. The molecule has 0 radical (unpaired) electrons. The summed E-state index contributed by atoms with van der Waals surface area (Å²) in [6.07, 6.45) is 8.83. The Bertz CT molecular complexity index is 815. The molecule has 1 aromatic carbocycles. The van der Waals surface area contributed by atoms with Gasteiger partial charge in [-0.15, -0.1) is 0 Å². The van der Waals surface area contributed by atoms with Crippen LogP contribution in [0.5, 0.6) is 0 Å². The Hall–Kier alpha value is -2.32. The van der Waals surface area contributed by atoms with Crippen LogP contribution in [-0.2, 0) is 20.9 Å². The molecule has 1 aliphatic heterocycles. The number of hydrogen-bond acceptors (Lipinski definition) is 5. The summed E-state index contributed by atoms with van der Waals surface area (Å²) in [5.74, 6) is 1.04. The lowest BCUT2D eigenvalue weighted by molar-refractivity contribution is -0.120. The van der Waals surface area contributed by atoms with Gasteiger partial charge in [0, 0.05) is 57.3 Å². The van der Waals surface area contributed by atoms with Crippen LogP contribution in [0.3, 0.4) is 0 Å². The van der Waals surface area contributed by atoms with Crippen molar-refractivity contribution in [2.45, 2.75) is 71.9 Å². The molecule has 8 heteroatoms. The molecule has 35 heavy (non-hydrogen) atoms. The van der Waals surface area contributed by atoms with E-state index in [4.69, 9.17) is 0 Å². The fourth-order valence-electron chi connectivity index (χ4n) is 4.76. The van der Waals surface area contributed by atoms with Gasteiger partial charge < -0.3 is 20.3 Å². The minimum Gasteiger partial charge on any atom is -0.354 e. The van der Waals surface area contributed by atoms with Crippen molar-refractivity contribution in [2.75, 3.05) is 38.5 Å². The van der Waals surface area contributed by atoms with Gasteiger partial charge in [-0.2, -0.15) is 0 Å². The number of nitrogens with one attached hydrogen (secondary N) is 2. The zero-order valence-electron chi connectivity index (χ0n) is 21.8. The van der Waals surface area contributed by atoms with E-state index in [9.17, 15) is 18.8 Å². The molecule has 1 aromatic rings. The van der Waals surface area contributed by atoms with E-state index in [1.54, 1.807) is 13.0 Å². The molecule has 0 unspecified atom stereocenters. The van der Waals surface area contributed by atoms with Crippen molar-refractivity contribution in [1.82, 2.24) is 15.1 Å². The number of benzene rings is 1. The van der Waals surface area contributed by atoms with Crippen LogP contribution in [0.1, 0.15) is 63.5 Å². The molecule has 1 saturated heterocycles. The number of carbonyl (C=O) groups excluding carboxylic acids is 3. The number of rotatable bonds is 6. The second-order valence-corrected chi connectivity index (χ2v) is 10.2. The topological polar surface area (TPSA) is 81.8 Å². The summed E-state index contributed by atoms with van der Waals surface area (Å²) in [4.78, 5) is 35.6. The van der Waals surface area contributed by atoms with Crippen LogP contribution in [-0.4, -0.2) is 67.7 Å². The molecule has 2 saturated carbocycles. The lowest BCUT2D eigenvalue weighted by Gasteiger charge is -2.32. The quantitative estimate of drug-likeness (QED) is 0.594. The summed E-state index contributed by atoms with van der Waals surface area (Å²) in [5.41, 5.74) is 2.43. The molecule has 3 aliphatic rings. The van der Waals surface area contributed by atoms with Crippen LogP contribution in [0.2, 0.25) is 0 Å². The highest BCUT2D eigenvalue weighted by atomic mass is 19.1. The van der Waals surface area contributed by atoms with Crippen LogP contribution >= 0.6 is 0 Å². The lowest BCUT2D eigenvalue weighted by atomic mass is 9.82. The molecule has 4 rings (SSSR count). The van der Waals surface area contributed by atoms with Gasteiger partial charge in [0.05, 0.1) is 0 Å². The number of piperazine rings is 1. The molecule has 0 atom stereocenters. The van der Waals surface area contributed by atoms with E-state index in [0.717, 1.165) is 68.9 Å². The van der Waals surface area contributed by atoms with E-state index in [1.807, 2.05) is 6.92 Å². The first-order chi connectivity index (χ1) is 16.7. The van der Waals surface area contributed by atoms with Crippen LogP contribution in [0.4, 0.5) is 10.1 Å². The van der Waals surface area contributed by atoms with Gasteiger partial charge in [-0.1, -0.05) is 19.8 Å². The van der Waals surface area contributed by atoms with Gasteiger partial charge in [0.25, 0.3) is 0 Å². The normalized spacial score (nSPS) is 22.5. The van der Waals surface area contributed by atoms with E-state index >= 15 is 0 Å². The molecule has 196 valence electrons. The minimum atomic E-state index is -0.306. The van der Waals surface area contributed by atoms with E-state index in [-0.39, 0.29) is 11.7 Å². The fraction of sp³-hybridized carbons (Fsp3) is 0.667. The first kappa shape index (κ1) is 28.9. The predicted molar refractivity (Wildman–Crippen MR) is 138 cm³/mol. The zero-order chi connectivity index (χ0) is 25.8. The summed E-state index contributed by atoms with van der Waals surface area (Å²) >= 11 is 0. The van der Waals surface area contributed by atoms with Gasteiger partial charge in [0.2, 0.25) is 12.3 Å². The Morgan fingerprint density at radius 2 is 1.74 bits per heavy atom. The molecule has 2 amide bonds. The van der Waals surface area contributed by atoms with Crippen LogP contribution < -0.4 is 10.6 Å². The predicted octanol–water partition coefficient (Wildman–Crippen LogP) is 3.75. The Morgan fingerprint density at radius 1 is 1.11 bits per heavy atom. The molecule has 2 N–H and O–H groups in total. The third-order valence-electron chi connectivity index (χ3n) is 7.06. The van der Waals surface area contributed by atoms with Crippen molar-refractivity contribution < 1.29 is 18.8 Å². The minimum absolute atomic E-state index is 0.104. The second-order valence-electron chi connectivity index (χ2n) is 10.2. The average Bonchev–Trinajstić information content (AvgIpc) is 3.32. The summed E-state index contributed by atoms with van der Waals surface area (Å²) in [7, 11) is 2.11. The maximum absolute atomic E-state index is 13.6. The highest BCUT2D eigenvalue weighted by Gasteiger charge is 2.25. The number of nitrogens with zero attached hydrogens (tertiary/aromatic N) is 2. The van der Waals surface area contributed by atoms with E-state index in [1.165, 1.54) is 31.7 Å². The van der Waals surface area contributed by atoms with E-state index in [2.05, 4.69) is 34.4 Å². The number of amides is 2. The first-order valence-corrected chi connectivity index (χ1v) is 12.8. The van der Waals surface area contributed by atoms with Crippen molar-refractivity contribution >= 4 is 24.3 Å². The highest BCUT2D eigenvalue weighted by Crippen LogP contribution is 2.26. The second kappa shape index (κ2) is 14.9. The van der Waals surface area contributed by atoms with Crippen molar-refractivity contribution in [3.63, 3.8) is 0 Å². The number of hydrogen-bond donors (Lipinski definition) is 2. The van der Waals surface area contributed by atoms with Gasteiger partial charge in [-0.05, 0) is 68.8 Å². The molecule has 0 aromatic heterocycles. The number of carbonyl (C=O) groups is 3. The maximum Gasteiger partial charge on any atom is 0.217 e. The van der Waals surface area contributed by atoms with Crippen LogP contribution in [0.15, 0.2) is 12.1 Å². The van der Waals surface area contributed by atoms with Crippen molar-refractivity contribution in [2.24, 2.45) is 11.8 Å². The van der Waals surface area contributed by atoms with Gasteiger partial charge in [0.1, 0.15) is 12.1 Å². The summed E-state index contributed by atoms with van der Waals surface area (Å²) in [6.45, 7) is 10.5. The van der Waals surface area contributed by atoms with Gasteiger partial charge in [-0.3, -0.25) is 14.5 Å². The number of halogens is 1. The number of likely N-dealkylation sites (N-methyl/N-ethyl adjacent to an activating group) is 1. The van der Waals surface area contributed by atoms with Crippen LogP contribution in [0.25, 0.3) is 0 Å². The molecular formula is C27H43FN4O3. The van der Waals surface area contributed by atoms with Gasteiger partial charge >= 0.3 is 0 Å². The smallest absolute Gasteiger partial charge is 0.217 e. The van der Waals surface area contributed by atoms with Gasteiger partial charge in [0.15, 0.2) is 0 Å². The Labute approximate surface area is 209 Å². The SMILES string of the molecule is CC(=O)NC1CC(C)C1.Cc1c(CN2CCN(C)CC2)cc(F)cc1NC=O.O=CC1CCCC1. The molecule has 0 bridgehead atoms. The van der Waals surface area contributed by atoms with Crippen LogP contribution in [0, 0.1) is 24.6 Å². The van der Waals surface area contributed by atoms with E-state index in [0.29, 0.717) is 24.1 Å². The third kappa shape index (κ3) is 10.4. The lowest BCUT2D eigenvalue weighted by Crippen LogP contribution is -2.44. The molecule has 0 spiro atoms. The highest BCUT2D eigenvalue weighted by molar-refractivity contribution is 5.74. The van der Waals surface area contributed by atoms with E-state index < -0.39 is 0 Å². The Morgan fingerprint density at radius 3 is 2.23 bits per heavy atom. The Balaban J connectivity index is 0.000000222. The number of anilines is 1. The van der Waals surface area contributed by atoms with Crippen molar-refractivity contribution in [3.8, 4) is 0 Å². The summed E-state index contributed by atoms with van der Waals surface area (Å²) in [5, 5.41) is 5.42. The average molecular weight is 491 g/mol. The largest absolute Gasteiger partial charge is 0.354 e. The number of aldehydes is 1. The molecule has 2 aliphatic carbocycles. The molecule has 3 fully saturated rings. The summed E-state index contributed by atoms with van der Waals surface area (Å²) < 4.78 is 13.6. The first-order valence-electron chi connectivity index (χ1n) is 12.8. The van der Waals surface area contributed by atoms with Crippen molar-refractivity contribution in [3.05, 3.63) is 29.1 Å². The maximum atomic E-state index is 13.6. The Kier molecular flexibility index (Phi) is 12.3. The molecular weight excluding hydrogens is 447 g/mol. The molecule has 7 nitrogen and oxygen atoms in total. The summed E-state index contributed by atoms with van der Waals surface area (Å²) in [6, 6.07) is 3.40. The zero-order valence-corrected chi connectivity index (χ0v) is 21.8.